The van der Waals surface area contributed by atoms with E-state index in [9.17, 15) is 0 Å². The summed E-state index contributed by atoms with van der Waals surface area (Å²) in [5.41, 5.74) is 10.8. The maximum Gasteiger partial charge on any atom is 0.223 e. The van der Waals surface area contributed by atoms with E-state index < -0.39 is 0 Å². The monoisotopic (exact) mass is 388 g/mol. The molecule has 5 aromatic rings. The maximum absolute atomic E-state index is 5.88. The van der Waals surface area contributed by atoms with Crippen molar-refractivity contribution in [3.63, 3.8) is 0 Å². The second-order valence-electron chi connectivity index (χ2n) is 6.45. The van der Waals surface area contributed by atoms with Crippen molar-refractivity contribution in [3.05, 3.63) is 42.5 Å². The van der Waals surface area contributed by atoms with E-state index in [-0.39, 0.29) is 5.82 Å². The zero-order valence-corrected chi connectivity index (χ0v) is 15.7. The van der Waals surface area contributed by atoms with E-state index in [0.717, 1.165) is 27.7 Å². The molecule has 10 heteroatoms. The lowest BCUT2D eigenvalue weighted by Crippen LogP contribution is -2.01. The van der Waals surface area contributed by atoms with Crippen LogP contribution in [0.2, 0.25) is 0 Å². The standard InChI is InChI=1S/C19H16N8O2/c1-3-27-16-13(11-4-6-12(7-5-11)18-22-10(2)28-26-18)8-21-9-14(16)23-19(27)15-17(20)25-29-24-15/h4-9H,3H2,1-2H3,(H2,20,25). The topological polar surface area (TPSA) is 135 Å². The molecule has 0 aliphatic heterocycles. The molecule has 0 saturated carbocycles. The molecule has 0 unspecified atom stereocenters. The van der Waals surface area contributed by atoms with E-state index in [2.05, 4.69) is 30.4 Å². The summed E-state index contributed by atoms with van der Waals surface area (Å²) < 4.78 is 11.8. The highest BCUT2D eigenvalue weighted by molar-refractivity contribution is 5.94. The van der Waals surface area contributed by atoms with Gasteiger partial charge in [0.15, 0.2) is 17.3 Å². The number of nitrogens with zero attached hydrogens (tertiary/aromatic N) is 7. The van der Waals surface area contributed by atoms with Crippen molar-refractivity contribution >= 4 is 16.9 Å². The van der Waals surface area contributed by atoms with E-state index in [0.29, 0.717) is 29.8 Å². The number of aromatic nitrogens is 7. The van der Waals surface area contributed by atoms with Gasteiger partial charge in [-0.25, -0.2) is 9.61 Å². The molecule has 144 valence electrons. The highest BCUT2D eigenvalue weighted by Gasteiger charge is 2.21. The van der Waals surface area contributed by atoms with Crippen molar-refractivity contribution in [2.45, 2.75) is 20.4 Å². The molecule has 0 spiro atoms. The minimum atomic E-state index is 0.198. The van der Waals surface area contributed by atoms with E-state index in [4.69, 9.17) is 14.9 Å². The fourth-order valence-electron chi connectivity index (χ4n) is 3.35. The molecule has 0 bridgehead atoms. The van der Waals surface area contributed by atoms with Gasteiger partial charge in [0, 0.05) is 30.8 Å². The van der Waals surface area contributed by atoms with Gasteiger partial charge in [0.05, 0.1) is 11.7 Å². The highest BCUT2D eigenvalue weighted by Crippen LogP contribution is 2.33. The van der Waals surface area contributed by atoms with Crippen molar-refractivity contribution in [2.75, 3.05) is 5.73 Å². The van der Waals surface area contributed by atoms with Gasteiger partial charge in [-0.15, -0.1) is 0 Å². The Morgan fingerprint density at radius 3 is 2.45 bits per heavy atom. The van der Waals surface area contributed by atoms with Gasteiger partial charge in [0.1, 0.15) is 5.52 Å². The van der Waals surface area contributed by atoms with E-state index in [1.807, 2.05) is 42.0 Å². The van der Waals surface area contributed by atoms with Crippen LogP contribution in [0.15, 0.2) is 45.8 Å². The number of nitrogens with two attached hydrogens (primary N) is 1. The average Bonchev–Trinajstić information content (AvgIpc) is 3.45. The van der Waals surface area contributed by atoms with Crippen molar-refractivity contribution in [1.29, 1.82) is 0 Å². The lowest BCUT2D eigenvalue weighted by atomic mass is 10.0. The van der Waals surface area contributed by atoms with Gasteiger partial charge in [-0.05, 0) is 22.8 Å². The zero-order chi connectivity index (χ0) is 20.0. The summed E-state index contributed by atoms with van der Waals surface area (Å²) in [6.07, 6.45) is 3.53. The molecule has 0 radical (unpaired) electrons. The van der Waals surface area contributed by atoms with Crippen LogP contribution >= 0.6 is 0 Å². The smallest absolute Gasteiger partial charge is 0.223 e. The molecular weight excluding hydrogens is 372 g/mol. The number of rotatable bonds is 4. The van der Waals surface area contributed by atoms with Crippen LogP contribution in [0.25, 0.3) is 45.1 Å². The molecule has 4 aromatic heterocycles. The fourth-order valence-corrected chi connectivity index (χ4v) is 3.35. The molecule has 5 rings (SSSR count). The second kappa shape index (κ2) is 6.51. The lowest BCUT2D eigenvalue weighted by molar-refractivity contribution is 0.310. The molecule has 1 aromatic carbocycles. The Bertz CT molecular complexity index is 1320. The quantitative estimate of drug-likeness (QED) is 0.492. The minimum Gasteiger partial charge on any atom is -0.379 e. The predicted octanol–water partition coefficient (Wildman–Crippen LogP) is 3.11. The molecule has 2 N–H and O–H groups in total. The zero-order valence-electron chi connectivity index (χ0n) is 15.7. The SMILES string of the molecule is CCn1c(-c2nonc2N)nc2cncc(-c3ccc(-c4noc(C)n4)cc3)c21. The Labute approximate surface area is 164 Å². The third-order valence-corrected chi connectivity index (χ3v) is 4.67. The summed E-state index contributed by atoms with van der Waals surface area (Å²) >= 11 is 0. The van der Waals surface area contributed by atoms with Gasteiger partial charge >= 0.3 is 0 Å². The summed E-state index contributed by atoms with van der Waals surface area (Å²) in [4.78, 5) is 13.3. The summed E-state index contributed by atoms with van der Waals surface area (Å²) in [5.74, 6) is 1.87. The molecule has 0 fully saturated rings. The first-order valence-corrected chi connectivity index (χ1v) is 8.99. The number of fused-ring (bicyclic) bond motifs is 1. The molecule has 0 atom stereocenters. The number of aryl methyl sites for hydroxylation is 2. The van der Waals surface area contributed by atoms with Gasteiger partial charge in [-0.1, -0.05) is 29.4 Å². The van der Waals surface area contributed by atoms with Gasteiger partial charge in [-0.2, -0.15) is 4.98 Å². The Hall–Kier alpha value is -4.08. The first kappa shape index (κ1) is 17.0. The van der Waals surface area contributed by atoms with Gasteiger partial charge in [0.25, 0.3) is 0 Å². The first-order valence-electron chi connectivity index (χ1n) is 8.99. The molecule has 0 aliphatic carbocycles. The highest BCUT2D eigenvalue weighted by atomic mass is 16.6. The average molecular weight is 388 g/mol. The number of hydrogen-bond donors (Lipinski definition) is 1. The Kier molecular flexibility index (Phi) is 3.83. The number of hydrogen-bond acceptors (Lipinski definition) is 9. The second-order valence-corrected chi connectivity index (χ2v) is 6.45. The van der Waals surface area contributed by atoms with Crippen LogP contribution in [0, 0.1) is 6.92 Å². The molecule has 0 saturated heterocycles. The van der Waals surface area contributed by atoms with Crippen molar-refractivity contribution in [3.8, 4) is 34.0 Å². The van der Waals surface area contributed by atoms with E-state index >= 15 is 0 Å². The Morgan fingerprint density at radius 1 is 1.00 bits per heavy atom. The number of imidazole rings is 1. The van der Waals surface area contributed by atoms with Crippen LogP contribution in [0.4, 0.5) is 5.82 Å². The molecule has 10 nitrogen and oxygen atoms in total. The Morgan fingerprint density at radius 2 is 1.79 bits per heavy atom. The van der Waals surface area contributed by atoms with Gasteiger partial charge in [0.2, 0.25) is 11.7 Å². The molecular formula is C19H16N8O2. The van der Waals surface area contributed by atoms with Crippen LogP contribution in [0.1, 0.15) is 12.8 Å². The van der Waals surface area contributed by atoms with E-state index in [1.165, 1.54) is 0 Å². The molecule has 29 heavy (non-hydrogen) atoms. The van der Waals surface area contributed by atoms with Gasteiger partial charge < -0.3 is 14.8 Å². The largest absolute Gasteiger partial charge is 0.379 e. The normalized spacial score (nSPS) is 11.4. The summed E-state index contributed by atoms with van der Waals surface area (Å²) in [6.45, 7) is 4.45. The van der Waals surface area contributed by atoms with Crippen molar-refractivity contribution < 1.29 is 9.15 Å². The molecule has 0 aliphatic rings. The number of nitrogen functional groups attached to an aromatic ring is 1. The van der Waals surface area contributed by atoms with Crippen LogP contribution in [-0.2, 0) is 6.54 Å². The van der Waals surface area contributed by atoms with Crippen LogP contribution in [0.5, 0.6) is 0 Å². The summed E-state index contributed by atoms with van der Waals surface area (Å²) in [6, 6.07) is 7.89. The summed E-state index contributed by atoms with van der Waals surface area (Å²) in [5, 5.41) is 11.5. The minimum absolute atomic E-state index is 0.198. The van der Waals surface area contributed by atoms with Crippen LogP contribution < -0.4 is 5.73 Å². The van der Waals surface area contributed by atoms with Gasteiger partial charge in [-0.3, -0.25) is 4.98 Å². The van der Waals surface area contributed by atoms with Crippen molar-refractivity contribution in [1.82, 2.24) is 35.0 Å². The first-order chi connectivity index (χ1) is 14.2. The van der Waals surface area contributed by atoms with Crippen LogP contribution in [0.3, 0.4) is 0 Å². The lowest BCUT2D eigenvalue weighted by Gasteiger charge is -2.09. The summed E-state index contributed by atoms with van der Waals surface area (Å²) in [7, 11) is 0. The maximum atomic E-state index is 5.88. The van der Waals surface area contributed by atoms with E-state index in [1.54, 1.807) is 13.1 Å². The Balaban J connectivity index is 1.66. The fraction of sp³-hybridized carbons (Fsp3) is 0.158. The number of benzene rings is 1. The molecule has 0 amide bonds. The van der Waals surface area contributed by atoms with Crippen LogP contribution in [-0.4, -0.2) is 35.0 Å². The molecule has 4 heterocycles. The number of pyridine rings is 1. The predicted molar refractivity (Wildman–Crippen MR) is 104 cm³/mol. The van der Waals surface area contributed by atoms with Crippen molar-refractivity contribution in [2.24, 2.45) is 0 Å². The number of anilines is 1. The third-order valence-electron chi connectivity index (χ3n) is 4.67. The third kappa shape index (κ3) is 2.73.